The molecule has 224 valence electrons. The average molecular weight is 618 g/mol. The highest BCUT2D eigenvalue weighted by Crippen LogP contribution is 2.46. The summed E-state index contributed by atoms with van der Waals surface area (Å²) in [5, 5.41) is 8.18. The largest absolute Gasteiger partial charge is 0.495 e. The Balaban J connectivity index is 1.50. The summed E-state index contributed by atoms with van der Waals surface area (Å²) in [7, 11) is 3.06. The van der Waals surface area contributed by atoms with Gasteiger partial charge in [0.25, 0.3) is 0 Å². The topological polar surface area (TPSA) is 120 Å². The molecule has 2 aliphatic heterocycles. The van der Waals surface area contributed by atoms with Crippen LogP contribution in [0.2, 0.25) is 10.0 Å². The van der Waals surface area contributed by atoms with Crippen LogP contribution in [0.4, 0.5) is 11.8 Å². The normalized spacial score (nSPS) is 19.0. The van der Waals surface area contributed by atoms with E-state index in [1.54, 1.807) is 12.3 Å². The van der Waals surface area contributed by atoms with Crippen molar-refractivity contribution in [3.05, 3.63) is 41.0 Å². The van der Waals surface area contributed by atoms with Gasteiger partial charge >= 0.3 is 0 Å². The fourth-order valence-electron chi connectivity index (χ4n) is 5.09. The van der Waals surface area contributed by atoms with Gasteiger partial charge in [-0.1, -0.05) is 29.8 Å². The number of ether oxygens (including phenoxy) is 4. The lowest BCUT2D eigenvalue weighted by molar-refractivity contribution is -0.115. The number of hydrogen-bond acceptors (Lipinski definition) is 11. The van der Waals surface area contributed by atoms with Gasteiger partial charge in [-0.3, -0.25) is 9.69 Å². The predicted molar refractivity (Wildman–Crippen MR) is 163 cm³/mol. The summed E-state index contributed by atoms with van der Waals surface area (Å²) in [5.41, 5.74) is 1.62. The Kier molecular flexibility index (Phi) is 9.96. The molecule has 0 bridgehead atoms. The van der Waals surface area contributed by atoms with Crippen LogP contribution in [0.5, 0.6) is 11.5 Å². The number of hydrogen-bond donors (Lipinski definition) is 2. The van der Waals surface area contributed by atoms with Crippen molar-refractivity contribution in [2.24, 2.45) is 5.92 Å². The third-order valence-corrected chi connectivity index (χ3v) is 8.17. The highest BCUT2D eigenvalue weighted by atomic mass is 35.5. The molecule has 1 aromatic carbocycles. The predicted octanol–water partition coefficient (Wildman–Crippen LogP) is 4.33. The van der Waals surface area contributed by atoms with Crippen molar-refractivity contribution in [3.8, 4) is 22.8 Å². The first-order valence-electron chi connectivity index (χ1n) is 13.7. The second kappa shape index (κ2) is 13.8. The van der Waals surface area contributed by atoms with E-state index in [0.29, 0.717) is 76.3 Å². The summed E-state index contributed by atoms with van der Waals surface area (Å²) in [6.07, 6.45) is 3.41. The second-order valence-electron chi connectivity index (χ2n) is 10.1. The molecule has 3 aromatic rings. The zero-order valence-corrected chi connectivity index (χ0v) is 25.1. The van der Waals surface area contributed by atoms with Crippen LogP contribution in [-0.4, -0.2) is 98.5 Å². The van der Waals surface area contributed by atoms with E-state index in [0.717, 1.165) is 38.2 Å². The molecule has 0 aliphatic carbocycles. The van der Waals surface area contributed by atoms with Crippen LogP contribution in [0.1, 0.15) is 6.42 Å². The SMILES string of the molecule is C=CC(=O)C[C@H]1COC[C@H]1Nc1ncc2cc(-c3c(Cl)c(OC)cc(OC)c3Cl)nc(NCCN3CCOCC3)c2n1. The Morgan fingerprint density at radius 3 is 2.55 bits per heavy atom. The number of halogens is 2. The molecular weight excluding hydrogens is 583 g/mol. The lowest BCUT2D eigenvalue weighted by atomic mass is 9.97. The van der Waals surface area contributed by atoms with Gasteiger partial charge in [0.2, 0.25) is 5.95 Å². The number of allylic oxidation sites excluding steroid dienone is 1. The summed E-state index contributed by atoms with van der Waals surface area (Å²) in [5.74, 6) is 1.77. The highest BCUT2D eigenvalue weighted by Gasteiger charge is 2.30. The molecule has 0 unspecified atom stereocenters. The van der Waals surface area contributed by atoms with E-state index in [-0.39, 0.29) is 17.7 Å². The number of anilines is 2. The van der Waals surface area contributed by atoms with Crippen LogP contribution < -0.4 is 20.1 Å². The minimum Gasteiger partial charge on any atom is -0.495 e. The maximum atomic E-state index is 12.0. The molecule has 2 aromatic heterocycles. The molecule has 0 amide bonds. The Labute approximate surface area is 254 Å². The number of morpholine rings is 1. The van der Waals surface area contributed by atoms with Gasteiger partial charge in [0.1, 0.15) is 17.0 Å². The van der Waals surface area contributed by atoms with Crippen LogP contribution in [0.3, 0.4) is 0 Å². The van der Waals surface area contributed by atoms with E-state index in [1.165, 1.54) is 20.3 Å². The van der Waals surface area contributed by atoms with Gasteiger partial charge in [0.05, 0.1) is 62.4 Å². The molecule has 13 heteroatoms. The lowest BCUT2D eigenvalue weighted by Crippen LogP contribution is -2.39. The van der Waals surface area contributed by atoms with Gasteiger partial charge < -0.3 is 29.6 Å². The Bertz CT molecular complexity index is 1420. The molecule has 0 spiro atoms. The van der Waals surface area contributed by atoms with Crippen molar-refractivity contribution in [1.29, 1.82) is 0 Å². The van der Waals surface area contributed by atoms with Gasteiger partial charge in [-0.05, 0) is 12.1 Å². The minimum absolute atomic E-state index is 0.00580. The number of carbonyl (C=O) groups is 1. The van der Waals surface area contributed by atoms with E-state index in [9.17, 15) is 4.79 Å². The van der Waals surface area contributed by atoms with Crippen molar-refractivity contribution < 1.29 is 23.7 Å². The molecule has 2 saturated heterocycles. The summed E-state index contributed by atoms with van der Waals surface area (Å²) in [6.45, 7) is 9.14. The molecule has 5 rings (SSSR count). The van der Waals surface area contributed by atoms with Gasteiger partial charge in [-0.15, -0.1) is 0 Å². The first-order valence-corrected chi connectivity index (χ1v) is 14.5. The number of aromatic nitrogens is 3. The van der Waals surface area contributed by atoms with Gasteiger partial charge in [-0.2, -0.15) is 0 Å². The fourth-order valence-corrected chi connectivity index (χ4v) is 5.79. The Morgan fingerprint density at radius 2 is 1.86 bits per heavy atom. The molecule has 2 aliphatic rings. The van der Waals surface area contributed by atoms with Crippen molar-refractivity contribution in [2.45, 2.75) is 12.5 Å². The monoisotopic (exact) mass is 616 g/mol. The highest BCUT2D eigenvalue weighted by molar-refractivity contribution is 6.41. The summed E-state index contributed by atoms with van der Waals surface area (Å²) in [4.78, 5) is 28.6. The summed E-state index contributed by atoms with van der Waals surface area (Å²) < 4.78 is 22.1. The molecule has 0 radical (unpaired) electrons. The zero-order chi connectivity index (χ0) is 29.6. The lowest BCUT2D eigenvalue weighted by Gasteiger charge is -2.26. The van der Waals surface area contributed by atoms with E-state index < -0.39 is 0 Å². The van der Waals surface area contributed by atoms with Crippen LogP contribution in [0, 0.1) is 5.92 Å². The maximum absolute atomic E-state index is 12.0. The number of nitrogens with zero attached hydrogens (tertiary/aromatic N) is 4. The van der Waals surface area contributed by atoms with E-state index in [4.69, 9.17) is 52.1 Å². The number of ketones is 1. The number of pyridine rings is 1. The quantitative estimate of drug-likeness (QED) is 0.283. The Hall–Kier alpha value is -3.22. The number of rotatable bonds is 12. The van der Waals surface area contributed by atoms with Crippen LogP contribution >= 0.6 is 23.2 Å². The number of nitrogens with one attached hydrogen (secondary N) is 2. The molecule has 2 atom stereocenters. The van der Waals surface area contributed by atoms with Gasteiger partial charge in [-0.25, -0.2) is 15.0 Å². The molecule has 0 saturated carbocycles. The van der Waals surface area contributed by atoms with Gasteiger partial charge in [0, 0.05) is 61.7 Å². The van der Waals surface area contributed by atoms with Crippen molar-refractivity contribution in [2.75, 3.05) is 77.5 Å². The Morgan fingerprint density at radius 1 is 1.12 bits per heavy atom. The zero-order valence-electron chi connectivity index (χ0n) is 23.6. The van der Waals surface area contributed by atoms with Crippen LogP contribution in [-0.2, 0) is 14.3 Å². The second-order valence-corrected chi connectivity index (χ2v) is 10.8. The minimum atomic E-state index is -0.113. The van der Waals surface area contributed by atoms with Crippen molar-refractivity contribution in [3.63, 3.8) is 0 Å². The third-order valence-electron chi connectivity index (χ3n) is 7.42. The van der Waals surface area contributed by atoms with E-state index in [1.807, 2.05) is 6.07 Å². The van der Waals surface area contributed by atoms with E-state index in [2.05, 4.69) is 27.1 Å². The van der Waals surface area contributed by atoms with Crippen molar-refractivity contribution in [1.82, 2.24) is 19.9 Å². The first-order chi connectivity index (χ1) is 20.4. The van der Waals surface area contributed by atoms with E-state index >= 15 is 0 Å². The molecule has 42 heavy (non-hydrogen) atoms. The maximum Gasteiger partial charge on any atom is 0.223 e. The summed E-state index contributed by atoms with van der Waals surface area (Å²) in [6, 6.07) is 3.36. The smallest absolute Gasteiger partial charge is 0.223 e. The number of methoxy groups -OCH3 is 2. The summed E-state index contributed by atoms with van der Waals surface area (Å²) >= 11 is 13.5. The molecule has 4 heterocycles. The third kappa shape index (κ3) is 6.71. The average Bonchev–Trinajstić information content (AvgIpc) is 3.44. The standard InChI is InChI=1S/C29H34Cl2N6O5/c1-4-19(38)11-18-15-42-16-21(18)35-29-33-14-17-12-20(24-25(30)22(39-2)13-23(40-3)26(24)31)34-28(27(17)36-29)32-5-6-37-7-9-41-10-8-37/h4,12-14,18,21H,1,5-11,15-16H2,2-3H3,(H,32,34)(H,33,35,36)/t18-,21+/m0/s1. The van der Waals surface area contributed by atoms with Crippen molar-refractivity contribution >= 4 is 51.7 Å². The number of benzene rings is 1. The van der Waals surface area contributed by atoms with Crippen LogP contribution in [0.25, 0.3) is 22.2 Å². The first kappa shape index (κ1) is 30.2. The molecular formula is C29H34Cl2N6O5. The molecule has 11 nitrogen and oxygen atoms in total. The molecule has 2 fully saturated rings. The fraction of sp³-hybridized carbons (Fsp3) is 0.448. The molecule has 2 N–H and O–H groups in total. The van der Waals surface area contributed by atoms with Crippen LogP contribution in [0.15, 0.2) is 31.0 Å². The van der Waals surface area contributed by atoms with Gasteiger partial charge in [0.15, 0.2) is 11.6 Å². The number of carbonyl (C=O) groups excluding carboxylic acids is 1. The number of fused-ring (bicyclic) bond motifs is 1.